The van der Waals surface area contributed by atoms with Crippen LogP contribution in [-0.4, -0.2) is 28.8 Å². The van der Waals surface area contributed by atoms with Crippen LogP contribution >= 0.6 is 0 Å². The average Bonchev–Trinajstić information content (AvgIpc) is 2.28. The zero-order valence-electron chi connectivity index (χ0n) is 11.3. The third-order valence-electron chi connectivity index (χ3n) is 2.56. The second-order valence-electron chi connectivity index (χ2n) is 4.06. The molecule has 0 aromatic rings. The summed E-state index contributed by atoms with van der Waals surface area (Å²) in [5.41, 5.74) is -0.108. The van der Waals surface area contributed by atoms with Gasteiger partial charge < -0.3 is 9.84 Å². The van der Waals surface area contributed by atoms with Crippen molar-refractivity contribution < 1.29 is 35.9 Å². The van der Waals surface area contributed by atoms with E-state index in [4.69, 9.17) is 0 Å². The van der Waals surface area contributed by atoms with Crippen molar-refractivity contribution in [2.24, 2.45) is 0 Å². The Labute approximate surface area is 119 Å². The van der Waals surface area contributed by atoms with Gasteiger partial charge in [-0.2, -0.15) is 0 Å². The van der Waals surface area contributed by atoms with E-state index in [-0.39, 0.29) is 33.6 Å². The number of methoxy groups -OCH3 is 1. The first kappa shape index (κ1) is 19.5. The van der Waals surface area contributed by atoms with Crippen molar-refractivity contribution in [3.63, 3.8) is 0 Å². The maximum atomic E-state index is 11.3. The number of ether oxygens (including phenoxy) is 1. The third-order valence-corrected chi connectivity index (χ3v) is 2.56. The normalized spacial score (nSPS) is 11.3. The molecule has 0 radical (unpaired) electrons. The van der Waals surface area contributed by atoms with Crippen molar-refractivity contribution in [3.8, 4) is 0 Å². The molecule has 0 saturated carbocycles. The van der Waals surface area contributed by atoms with Gasteiger partial charge in [0.25, 0.3) is 0 Å². The molecule has 0 heterocycles. The molecule has 0 bridgehead atoms. The molecule has 0 saturated heterocycles. The van der Waals surface area contributed by atoms with Gasteiger partial charge >= 0.3 is 11.8 Å². The van der Waals surface area contributed by atoms with Crippen LogP contribution in [0.15, 0.2) is 11.3 Å². The molecule has 0 spiro atoms. The van der Waals surface area contributed by atoms with Crippen molar-refractivity contribution in [2.75, 3.05) is 7.11 Å². The Balaban J connectivity index is 0. The second-order valence-corrected chi connectivity index (χ2v) is 4.06. The maximum absolute atomic E-state index is 11.3. The topological polar surface area (TPSA) is 67.9 Å². The number of aliphatic hydroxyl groups excluding tert-OH is 1. The fourth-order valence-electron chi connectivity index (χ4n) is 1.60. The van der Waals surface area contributed by atoms with Crippen molar-refractivity contribution >= 4 is 11.8 Å². The first-order valence-electron chi connectivity index (χ1n) is 6.07. The number of hydrogen-bond donors (Lipinski definition) is 1. The first-order chi connectivity index (χ1) is 8.04. The summed E-state index contributed by atoms with van der Waals surface area (Å²) in [4.78, 5) is 20.6. The van der Waals surface area contributed by atoms with Crippen LogP contribution in [0.2, 0.25) is 0 Å². The van der Waals surface area contributed by atoms with Crippen LogP contribution < -0.4 is 0 Å². The molecule has 0 fully saturated rings. The molecule has 0 unspecified atom stereocenters. The van der Waals surface area contributed by atoms with Crippen molar-refractivity contribution in [2.45, 2.75) is 52.4 Å². The van der Waals surface area contributed by atoms with Crippen molar-refractivity contribution in [1.29, 1.82) is 0 Å². The number of hydrogen-bond acceptors (Lipinski definition) is 3. The maximum Gasteiger partial charge on any atom is 0.350 e. The van der Waals surface area contributed by atoms with Crippen molar-refractivity contribution in [1.82, 2.24) is 0 Å². The van der Waals surface area contributed by atoms with E-state index in [1.165, 1.54) is 26.9 Å². The molecule has 0 aliphatic carbocycles. The van der Waals surface area contributed by atoms with Crippen LogP contribution in [0.3, 0.4) is 0 Å². The van der Waals surface area contributed by atoms with Crippen LogP contribution in [0.1, 0.15) is 52.4 Å². The van der Waals surface area contributed by atoms with Gasteiger partial charge in [-0.05, 0) is 6.42 Å². The molecule has 0 aliphatic rings. The molecule has 0 aromatic heterocycles. The van der Waals surface area contributed by atoms with Gasteiger partial charge in [0.2, 0.25) is 0 Å². The minimum Gasteiger partial charge on any atom is -0.511 e. The molecule has 0 rings (SSSR count). The number of carbonyl (C=O) groups is 1. The fraction of sp³-hybridized carbons (Fsp3) is 0.692. The average molecular weight is 302 g/mol. The minimum atomic E-state index is -0.698. The molecule has 0 amide bonds. The number of unbranched alkanes of at least 4 members (excludes halogenated alkanes) is 4. The standard InChI is InChI=1S/C13H22O4.Ni/c1-4-5-6-7-8-9-11(15)12(10(2)14)13(16)17-3;/h15H,4-9H2,1-3H3;/p+1/b12-11+;. The second kappa shape index (κ2) is 11.3. The number of esters is 1. The summed E-state index contributed by atoms with van der Waals surface area (Å²) in [5.74, 6) is -0.993. The van der Waals surface area contributed by atoms with E-state index >= 15 is 0 Å². The van der Waals surface area contributed by atoms with E-state index < -0.39 is 5.97 Å². The summed E-state index contributed by atoms with van der Waals surface area (Å²) in [6.45, 7) is 3.50. The van der Waals surface area contributed by atoms with E-state index in [1.807, 2.05) is 0 Å². The van der Waals surface area contributed by atoms with Gasteiger partial charge in [-0.1, -0.05) is 32.6 Å². The Kier molecular flexibility index (Phi) is 12.2. The molecule has 4 nitrogen and oxygen atoms in total. The van der Waals surface area contributed by atoms with Crippen LogP contribution in [0, 0.1) is 0 Å². The van der Waals surface area contributed by atoms with Gasteiger partial charge in [-0.25, -0.2) is 4.79 Å². The van der Waals surface area contributed by atoms with Crippen molar-refractivity contribution in [3.05, 3.63) is 11.3 Å². The van der Waals surface area contributed by atoms with Crippen LogP contribution in [0.25, 0.3) is 0 Å². The summed E-state index contributed by atoms with van der Waals surface area (Å²) < 4.78 is 4.50. The molecule has 0 aromatic carbocycles. The van der Waals surface area contributed by atoms with Crippen LogP contribution in [0.4, 0.5) is 0 Å². The first-order valence-corrected chi connectivity index (χ1v) is 6.07. The van der Waals surface area contributed by atoms with Crippen LogP contribution in [-0.2, 0) is 26.0 Å². The molecule has 2 N–H and O–H groups in total. The third kappa shape index (κ3) is 7.49. The predicted octanol–water partition coefficient (Wildman–Crippen LogP) is 2.89. The number of carbonyl (C=O) groups excluding carboxylic acids is 2. The van der Waals surface area contributed by atoms with Gasteiger partial charge in [-0.15, -0.1) is 0 Å². The number of aliphatic hydroxyl groups is 1. The molecule has 18 heavy (non-hydrogen) atoms. The van der Waals surface area contributed by atoms with E-state index in [0.717, 1.165) is 19.3 Å². The largest absolute Gasteiger partial charge is 0.511 e. The number of allylic oxidation sites excluding steroid dienone is 1. The summed E-state index contributed by atoms with van der Waals surface area (Å²) in [6, 6.07) is 0. The fourth-order valence-corrected chi connectivity index (χ4v) is 1.60. The van der Waals surface area contributed by atoms with Crippen LogP contribution in [0.5, 0.6) is 0 Å². The number of ketones is 1. The van der Waals surface area contributed by atoms with Gasteiger partial charge in [-0.3, -0.25) is 4.79 Å². The minimum absolute atomic E-state index is 0. The van der Waals surface area contributed by atoms with Gasteiger partial charge in [0.1, 0.15) is 5.76 Å². The molecule has 0 aliphatic heterocycles. The Morgan fingerprint density at radius 3 is 2.22 bits per heavy atom. The monoisotopic (exact) mass is 301 g/mol. The quantitative estimate of drug-likeness (QED) is 0.110. The predicted molar refractivity (Wildman–Crippen MR) is 67.7 cm³/mol. The molecular weight excluding hydrogens is 279 g/mol. The molecule has 0 atom stereocenters. The zero-order valence-corrected chi connectivity index (χ0v) is 12.3. The molecule has 5 heteroatoms. The van der Waals surface area contributed by atoms with E-state index in [1.54, 1.807) is 0 Å². The summed E-state index contributed by atoms with van der Waals surface area (Å²) in [7, 11) is 1.22. The Hall–Kier alpha value is -0.826. The van der Waals surface area contributed by atoms with Gasteiger partial charge in [0, 0.05) is 22.9 Å². The summed E-state index contributed by atoms with van der Waals surface area (Å²) >= 11 is 0. The Bertz CT molecular complexity index is 297. The Morgan fingerprint density at radius 2 is 1.78 bits per heavy atom. The Morgan fingerprint density at radius 1 is 1.22 bits per heavy atom. The summed E-state index contributed by atoms with van der Waals surface area (Å²) in [5, 5.41) is 9.74. The summed E-state index contributed by atoms with van der Waals surface area (Å²) in [6.07, 6.45) is 5.68. The van der Waals surface area contributed by atoms with E-state index in [2.05, 4.69) is 11.7 Å². The zero-order chi connectivity index (χ0) is 13.3. The van der Waals surface area contributed by atoms with E-state index in [9.17, 15) is 14.7 Å². The molecule has 108 valence electrons. The molecular formula is C13H23NiO4+. The van der Waals surface area contributed by atoms with Gasteiger partial charge in [0.05, 0.1) is 14.0 Å². The number of rotatable bonds is 8. The van der Waals surface area contributed by atoms with E-state index in [0.29, 0.717) is 6.42 Å². The smallest absolute Gasteiger partial charge is 0.350 e. The van der Waals surface area contributed by atoms with Gasteiger partial charge in [0.15, 0.2) is 5.57 Å². The SMILES string of the molecule is CCCCCCC/C(O)=C(\C(=O)OC)C(C)=[OH+].[Ni].